The average molecular weight is 417 g/mol. The molecule has 150 valence electrons. The number of hydrogen-bond acceptors (Lipinski definition) is 5. The third-order valence-electron chi connectivity index (χ3n) is 4.64. The maximum atomic E-state index is 12.4. The third kappa shape index (κ3) is 6.96. The molecule has 2 aromatic carbocycles. The largest absolute Gasteiger partial charge is 0.370 e. The van der Waals surface area contributed by atoms with Crippen LogP contribution in [0.5, 0.6) is 0 Å². The fourth-order valence-corrected chi connectivity index (χ4v) is 6.11. The van der Waals surface area contributed by atoms with Crippen LogP contribution in [0.1, 0.15) is 30.9 Å². The summed E-state index contributed by atoms with van der Waals surface area (Å²) in [6.07, 6.45) is 1.28. The van der Waals surface area contributed by atoms with Crippen LogP contribution in [-0.2, 0) is 27.5 Å². The van der Waals surface area contributed by atoms with Crippen molar-refractivity contribution >= 4 is 29.3 Å². The zero-order valence-electron chi connectivity index (χ0n) is 16.3. The van der Waals surface area contributed by atoms with Crippen molar-refractivity contribution in [1.29, 1.82) is 0 Å². The summed E-state index contributed by atoms with van der Waals surface area (Å²) in [4.78, 5) is 12.4. The molecule has 3 rings (SSSR count). The predicted molar refractivity (Wildman–Crippen MR) is 119 cm³/mol. The first-order valence-electron chi connectivity index (χ1n) is 9.77. The maximum absolute atomic E-state index is 12.4. The van der Waals surface area contributed by atoms with Crippen LogP contribution in [0, 0.1) is 0 Å². The van der Waals surface area contributed by atoms with E-state index >= 15 is 0 Å². The second kappa shape index (κ2) is 11.7. The number of rotatable bonds is 10. The van der Waals surface area contributed by atoms with Gasteiger partial charge >= 0.3 is 0 Å². The molecule has 0 unspecified atom stereocenters. The highest BCUT2D eigenvalue weighted by atomic mass is 32.2. The summed E-state index contributed by atoms with van der Waals surface area (Å²) in [7, 11) is 0. The van der Waals surface area contributed by atoms with Crippen LogP contribution >= 0.6 is 23.5 Å². The first-order valence-corrected chi connectivity index (χ1v) is 11.9. The Bertz CT molecular complexity index is 702. The maximum Gasteiger partial charge on any atom is 0.161 e. The number of Topliss-reactive ketones (excluding diaryl/α,β-unsaturated/α-hetero) is 1. The van der Waals surface area contributed by atoms with E-state index in [2.05, 4.69) is 12.1 Å². The Kier molecular flexibility index (Phi) is 8.93. The first-order chi connectivity index (χ1) is 13.7. The number of ether oxygens (including phenoxy) is 2. The fraction of sp³-hybridized carbons (Fsp3) is 0.435. The van der Waals surface area contributed by atoms with Crippen molar-refractivity contribution in [2.45, 2.75) is 49.8 Å². The monoisotopic (exact) mass is 416 g/mol. The second-order valence-corrected chi connectivity index (χ2v) is 9.84. The molecule has 2 aromatic rings. The molecule has 1 aliphatic rings. The zero-order chi connectivity index (χ0) is 19.6. The van der Waals surface area contributed by atoms with Crippen LogP contribution in [-0.4, -0.2) is 34.1 Å². The van der Waals surface area contributed by atoms with Gasteiger partial charge in [-0.1, -0.05) is 60.7 Å². The second-order valence-electron chi connectivity index (χ2n) is 6.92. The van der Waals surface area contributed by atoms with Gasteiger partial charge in [0.1, 0.15) is 6.10 Å². The quantitative estimate of drug-likeness (QED) is 0.523. The Balaban J connectivity index is 1.67. The number of thioether (sulfide) groups is 2. The SMILES string of the molecule is CC(=O)[C@@H](OCc1ccccc1)[C@@H](CC1SCCCS1)OCc1ccccc1. The van der Waals surface area contributed by atoms with Crippen molar-refractivity contribution in [3.63, 3.8) is 0 Å². The van der Waals surface area contributed by atoms with E-state index in [1.165, 1.54) is 17.9 Å². The minimum absolute atomic E-state index is 0.0276. The van der Waals surface area contributed by atoms with Gasteiger partial charge in [-0.25, -0.2) is 0 Å². The van der Waals surface area contributed by atoms with Crippen LogP contribution in [0.3, 0.4) is 0 Å². The minimum atomic E-state index is -0.549. The standard InChI is InChI=1S/C23H28O3S2/c1-18(24)23(26-17-20-11-6-3-7-12-20)21(15-22-27-13-8-14-28-22)25-16-19-9-4-2-5-10-19/h2-7,9-12,21-23H,8,13-17H2,1H3/t21-,23-/m1/s1. The van der Waals surface area contributed by atoms with Crippen molar-refractivity contribution in [2.24, 2.45) is 0 Å². The molecule has 0 bridgehead atoms. The molecule has 1 heterocycles. The van der Waals surface area contributed by atoms with Crippen LogP contribution in [0.25, 0.3) is 0 Å². The normalized spacial score (nSPS) is 17.2. The van der Waals surface area contributed by atoms with Crippen molar-refractivity contribution in [3.05, 3.63) is 71.8 Å². The lowest BCUT2D eigenvalue weighted by molar-refractivity contribution is -0.143. The highest BCUT2D eigenvalue weighted by Crippen LogP contribution is 2.35. The van der Waals surface area contributed by atoms with E-state index in [-0.39, 0.29) is 11.9 Å². The van der Waals surface area contributed by atoms with E-state index in [0.717, 1.165) is 17.5 Å². The predicted octanol–water partition coefficient (Wildman–Crippen LogP) is 5.33. The number of ketones is 1. The van der Waals surface area contributed by atoms with Gasteiger partial charge in [0.15, 0.2) is 5.78 Å². The average Bonchev–Trinajstić information content (AvgIpc) is 2.74. The molecule has 1 aliphatic heterocycles. The topological polar surface area (TPSA) is 35.5 Å². The van der Waals surface area contributed by atoms with Crippen molar-refractivity contribution in [2.75, 3.05) is 11.5 Å². The molecule has 2 atom stereocenters. The van der Waals surface area contributed by atoms with Gasteiger partial charge in [-0.15, -0.1) is 23.5 Å². The molecule has 28 heavy (non-hydrogen) atoms. The molecule has 3 nitrogen and oxygen atoms in total. The van der Waals surface area contributed by atoms with E-state index in [0.29, 0.717) is 17.8 Å². The summed E-state index contributed by atoms with van der Waals surface area (Å²) in [5.41, 5.74) is 2.18. The van der Waals surface area contributed by atoms with Crippen LogP contribution in [0.2, 0.25) is 0 Å². The molecule has 0 amide bonds. The highest BCUT2D eigenvalue weighted by molar-refractivity contribution is 8.17. The fourth-order valence-electron chi connectivity index (χ4n) is 3.17. The summed E-state index contributed by atoms with van der Waals surface area (Å²) in [6.45, 7) is 2.52. The molecule has 0 N–H and O–H groups in total. The number of hydrogen-bond donors (Lipinski definition) is 0. The van der Waals surface area contributed by atoms with Gasteiger partial charge in [-0.2, -0.15) is 0 Å². The van der Waals surface area contributed by atoms with Gasteiger partial charge in [0.2, 0.25) is 0 Å². The Labute approximate surface area is 176 Å². The van der Waals surface area contributed by atoms with E-state index in [1.807, 2.05) is 72.1 Å². The van der Waals surface area contributed by atoms with Gasteiger partial charge in [0.25, 0.3) is 0 Å². The van der Waals surface area contributed by atoms with E-state index in [9.17, 15) is 4.79 Å². The number of carbonyl (C=O) groups is 1. The summed E-state index contributed by atoms with van der Waals surface area (Å²) in [6, 6.07) is 20.1. The lowest BCUT2D eigenvalue weighted by Gasteiger charge is -2.30. The van der Waals surface area contributed by atoms with E-state index < -0.39 is 6.10 Å². The smallest absolute Gasteiger partial charge is 0.161 e. The van der Waals surface area contributed by atoms with Crippen molar-refractivity contribution < 1.29 is 14.3 Å². The summed E-state index contributed by atoms with van der Waals surface area (Å²) >= 11 is 3.95. The molecule has 0 spiro atoms. The molecule has 0 saturated carbocycles. The lowest BCUT2D eigenvalue weighted by Crippen LogP contribution is -2.39. The number of benzene rings is 2. The van der Waals surface area contributed by atoms with Gasteiger partial charge in [0, 0.05) is 0 Å². The summed E-state index contributed by atoms with van der Waals surface area (Å²) in [5, 5.41) is 0. The first kappa shape index (κ1) is 21.4. The van der Waals surface area contributed by atoms with Gasteiger partial charge < -0.3 is 9.47 Å². The molecular formula is C23H28O3S2. The summed E-state index contributed by atoms with van der Waals surface area (Å²) in [5.74, 6) is 2.39. The van der Waals surface area contributed by atoms with Crippen LogP contribution < -0.4 is 0 Å². The molecule has 1 saturated heterocycles. The van der Waals surface area contributed by atoms with Gasteiger partial charge in [-0.3, -0.25) is 4.79 Å². The molecule has 0 radical (unpaired) electrons. The molecule has 0 aromatic heterocycles. The molecule has 5 heteroatoms. The summed E-state index contributed by atoms with van der Waals surface area (Å²) < 4.78 is 12.8. The van der Waals surface area contributed by atoms with E-state index in [1.54, 1.807) is 6.92 Å². The van der Waals surface area contributed by atoms with E-state index in [4.69, 9.17) is 9.47 Å². The Morgan fingerprint density at radius 3 is 2.00 bits per heavy atom. The number of carbonyl (C=O) groups excluding carboxylic acids is 1. The Hall–Kier alpha value is -1.27. The molecule has 1 fully saturated rings. The molecule has 0 aliphatic carbocycles. The Morgan fingerprint density at radius 1 is 0.929 bits per heavy atom. The highest BCUT2D eigenvalue weighted by Gasteiger charge is 2.31. The van der Waals surface area contributed by atoms with Gasteiger partial charge in [-0.05, 0) is 42.4 Å². The molecular weight excluding hydrogens is 388 g/mol. The Morgan fingerprint density at radius 2 is 1.46 bits per heavy atom. The van der Waals surface area contributed by atoms with Crippen LogP contribution in [0.4, 0.5) is 0 Å². The van der Waals surface area contributed by atoms with Crippen molar-refractivity contribution in [3.8, 4) is 0 Å². The lowest BCUT2D eigenvalue weighted by atomic mass is 10.1. The minimum Gasteiger partial charge on any atom is -0.370 e. The van der Waals surface area contributed by atoms with Crippen LogP contribution in [0.15, 0.2) is 60.7 Å². The third-order valence-corrected chi connectivity index (χ3v) is 7.63. The van der Waals surface area contributed by atoms with Crippen molar-refractivity contribution in [1.82, 2.24) is 0 Å². The zero-order valence-corrected chi connectivity index (χ0v) is 17.9. The van der Waals surface area contributed by atoms with Gasteiger partial charge in [0.05, 0.1) is 23.9 Å².